The van der Waals surface area contributed by atoms with Gasteiger partial charge in [-0.2, -0.15) is 0 Å². The van der Waals surface area contributed by atoms with E-state index in [0.29, 0.717) is 0 Å². The van der Waals surface area contributed by atoms with Crippen molar-refractivity contribution in [2.75, 3.05) is 14.2 Å². The summed E-state index contributed by atoms with van der Waals surface area (Å²) in [5.74, 6) is -0.167. The molecule has 3 nitrogen and oxygen atoms in total. The SMILES string of the molecule is COC1(OC)CC1.N. The average molecular weight is 119 g/mol. The highest BCUT2D eigenvalue weighted by atomic mass is 16.7. The van der Waals surface area contributed by atoms with Gasteiger partial charge in [-0.1, -0.05) is 0 Å². The Bertz CT molecular complexity index is 64.8. The summed E-state index contributed by atoms with van der Waals surface area (Å²) in [4.78, 5) is 0. The molecule has 3 N–H and O–H groups in total. The number of rotatable bonds is 2. The molecule has 0 bridgehead atoms. The van der Waals surface area contributed by atoms with Gasteiger partial charge in [0.15, 0.2) is 5.79 Å². The number of methoxy groups -OCH3 is 2. The molecule has 0 radical (unpaired) electrons. The van der Waals surface area contributed by atoms with Crippen molar-refractivity contribution in [1.29, 1.82) is 0 Å². The van der Waals surface area contributed by atoms with E-state index in [0.717, 1.165) is 12.8 Å². The molecule has 0 saturated heterocycles. The van der Waals surface area contributed by atoms with Crippen molar-refractivity contribution in [2.24, 2.45) is 0 Å². The smallest absolute Gasteiger partial charge is 0.167 e. The molecule has 0 aromatic rings. The number of ether oxygens (including phenoxy) is 2. The van der Waals surface area contributed by atoms with E-state index in [2.05, 4.69) is 0 Å². The molecular weight excluding hydrogens is 106 g/mol. The van der Waals surface area contributed by atoms with Gasteiger partial charge in [-0.25, -0.2) is 0 Å². The zero-order valence-electron chi connectivity index (χ0n) is 5.44. The first kappa shape index (κ1) is 7.88. The minimum absolute atomic E-state index is 0. The first-order valence-corrected chi connectivity index (χ1v) is 2.43. The van der Waals surface area contributed by atoms with E-state index in [-0.39, 0.29) is 11.9 Å². The number of hydrogen-bond donors (Lipinski definition) is 1. The highest BCUT2D eigenvalue weighted by molar-refractivity contribution is 4.84. The van der Waals surface area contributed by atoms with Gasteiger partial charge in [0.1, 0.15) is 0 Å². The predicted octanol–water partition coefficient (Wildman–Crippen LogP) is 0.931. The summed E-state index contributed by atoms with van der Waals surface area (Å²) >= 11 is 0. The normalized spacial score (nSPS) is 21.8. The predicted molar refractivity (Wildman–Crippen MR) is 31.0 cm³/mol. The topological polar surface area (TPSA) is 53.5 Å². The third-order valence-electron chi connectivity index (χ3n) is 1.40. The van der Waals surface area contributed by atoms with Crippen LogP contribution in [0.3, 0.4) is 0 Å². The maximum atomic E-state index is 4.98. The molecule has 1 fully saturated rings. The van der Waals surface area contributed by atoms with Gasteiger partial charge < -0.3 is 15.6 Å². The van der Waals surface area contributed by atoms with Crippen LogP contribution in [0.25, 0.3) is 0 Å². The zero-order chi connectivity index (χ0) is 5.33. The van der Waals surface area contributed by atoms with Crippen molar-refractivity contribution in [3.63, 3.8) is 0 Å². The molecule has 0 heterocycles. The van der Waals surface area contributed by atoms with Gasteiger partial charge in [0.05, 0.1) is 0 Å². The molecule has 8 heavy (non-hydrogen) atoms. The summed E-state index contributed by atoms with van der Waals surface area (Å²) < 4.78 is 9.95. The summed E-state index contributed by atoms with van der Waals surface area (Å²) in [5.41, 5.74) is 0. The van der Waals surface area contributed by atoms with Crippen molar-refractivity contribution in [3.05, 3.63) is 0 Å². The van der Waals surface area contributed by atoms with Crippen molar-refractivity contribution >= 4 is 0 Å². The lowest BCUT2D eigenvalue weighted by Crippen LogP contribution is -2.12. The standard InChI is InChI=1S/C5H10O2.H3N/c1-6-5(7-2)3-4-5;/h3-4H2,1-2H3;1H3. The van der Waals surface area contributed by atoms with E-state index in [4.69, 9.17) is 9.47 Å². The second-order valence-corrected chi connectivity index (χ2v) is 1.82. The van der Waals surface area contributed by atoms with Gasteiger partial charge in [0, 0.05) is 27.1 Å². The van der Waals surface area contributed by atoms with Crippen LogP contribution in [-0.4, -0.2) is 20.0 Å². The van der Waals surface area contributed by atoms with Crippen molar-refractivity contribution in [2.45, 2.75) is 18.6 Å². The average Bonchev–Trinajstić information content (AvgIpc) is 2.46. The maximum Gasteiger partial charge on any atom is 0.167 e. The van der Waals surface area contributed by atoms with Crippen molar-refractivity contribution in [3.8, 4) is 0 Å². The van der Waals surface area contributed by atoms with E-state index in [1.165, 1.54) is 0 Å². The summed E-state index contributed by atoms with van der Waals surface area (Å²) in [5, 5.41) is 0. The molecule has 1 aliphatic carbocycles. The Kier molecular flexibility index (Phi) is 2.40. The van der Waals surface area contributed by atoms with Crippen LogP contribution in [0, 0.1) is 0 Å². The van der Waals surface area contributed by atoms with Crippen LogP contribution in [-0.2, 0) is 9.47 Å². The van der Waals surface area contributed by atoms with Crippen LogP contribution in [0.5, 0.6) is 0 Å². The van der Waals surface area contributed by atoms with Gasteiger partial charge >= 0.3 is 0 Å². The molecule has 0 unspecified atom stereocenters. The van der Waals surface area contributed by atoms with E-state index >= 15 is 0 Å². The molecule has 1 rings (SSSR count). The third-order valence-corrected chi connectivity index (χ3v) is 1.40. The second kappa shape index (κ2) is 2.44. The Morgan fingerprint density at radius 1 is 1.12 bits per heavy atom. The van der Waals surface area contributed by atoms with E-state index < -0.39 is 0 Å². The lowest BCUT2D eigenvalue weighted by molar-refractivity contribution is -0.127. The molecule has 1 saturated carbocycles. The maximum absolute atomic E-state index is 4.98. The Hall–Kier alpha value is -0.120. The van der Waals surface area contributed by atoms with Crippen LogP contribution in [0.2, 0.25) is 0 Å². The van der Waals surface area contributed by atoms with Gasteiger partial charge in [0.2, 0.25) is 0 Å². The fraction of sp³-hybridized carbons (Fsp3) is 1.00. The summed E-state index contributed by atoms with van der Waals surface area (Å²) in [6.07, 6.45) is 2.11. The van der Waals surface area contributed by atoms with E-state index in [1.54, 1.807) is 14.2 Å². The first-order valence-electron chi connectivity index (χ1n) is 2.43. The lowest BCUT2D eigenvalue weighted by Gasteiger charge is -2.08. The highest BCUT2D eigenvalue weighted by Gasteiger charge is 2.43. The monoisotopic (exact) mass is 119 g/mol. The van der Waals surface area contributed by atoms with Gasteiger partial charge in [-0.05, 0) is 0 Å². The second-order valence-electron chi connectivity index (χ2n) is 1.82. The van der Waals surface area contributed by atoms with Crippen LogP contribution < -0.4 is 6.15 Å². The molecule has 0 atom stereocenters. The van der Waals surface area contributed by atoms with Crippen LogP contribution in [0.4, 0.5) is 0 Å². The summed E-state index contributed by atoms with van der Waals surface area (Å²) in [6.45, 7) is 0. The molecule has 3 heteroatoms. The van der Waals surface area contributed by atoms with Crippen LogP contribution in [0.1, 0.15) is 12.8 Å². The van der Waals surface area contributed by atoms with Crippen LogP contribution >= 0.6 is 0 Å². The van der Waals surface area contributed by atoms with Crippen LogP contribution in [0.15, 0.2) is 0 Å². The van der Waals surface area contributed by atoms with Crippen molar-refractivity contribution in [1.82, 2.24) is 6.15 Å². The Morgan fingerprint density at radius 2 is 1.50 bits per heavy atom. The van der Waals surface area contributed by atoms with Gasteiger partial charge in [0.25, 0.3) is 0 Å². The first-order chi connectivity index (χ1) is 3.33. The minimum atomic E-state index is -0.167. The molecule has 0 amide bonds. The van der Waals surface area contributed by atoms with E-state index in [1.807, 2.05) is 0 Å². The third kappa shape index (κ3) is 1.18. The summed E-state index contributed by atoms with van der Waals surface area (Å²) in [7, 11) is 3.35. The Balaban J connectivity index is 0.000000490. The van der Waals surface area contributed by atoms with Crippen molar-refractivity contribution < 1.29 is 9.47 Å². The largest absolute Gasteiger partial charge is 0.353 e. The zero-order valence-corrected chi connectivity index (χ0v) is 5.44. The highest BCUT2D eigenvalue weighted by Crippen LogP contribution is 2.38. The fourth-order valence-electron chi connectivity index (χ4n) is 0.594. The molecule has 1 aliphatic rings. The summed E-state index contributed by atoms with van der Waals surface area (Å²) in [6, 6.07) is 0. The molecule has 0 aromatic heterocycles. The minimum Gasteiger partial charge on any atom is -0.353 e. The fourth-order valence-corrected chi connectivity index (χ4v) is 0.594. The molecule has 0 spiro atoms. The molecule has 0 aromatic carbocycles. The molecule has 0 aliphatic heterocycles. The Morgan fingerprint density at radius 3 is 1.50 bits per heavy atom. The van der Waals surface area contributed by atoms with E-state index in [9.17, 15) is 0 Å². The van der Waals surface area contributed by atoms with Gasteiger partial charge in [-0.3, -0.25) is 0 Å². The number of hydrogen-bond acceptors (Lipinski definition) is 3. The molecular formula is C5H13NO2. The lowest BCUT2D eigenvalue weighted by atomic mass is 10.7. The quantitative estimate of drug-likeness (QED) is 0.550. The van der Waals surface area contributed by atoms with Gasteiger partial charge in [-0.15, -0.1) is 0 Å². The Labute approximate surface area is 49.6 Å². The molecule has 50 valence electrons.